The average Bonchev–Trinajstić information content (AvgIpc) is 3.15. The van der Waals surface area contributed by atoms with Gasteiger partial charge in [0.25, 0.3) is 0 Å². The zero-order valence-electron chi connectivity index (χ0n) is 11.8. The summed E-state index contributed by atoms with van der Waals surface area (Å²) in [6.07, 6.45) is 4.29. The van der Waals surface area contributed by atoms with Crippen LogP contribution in [0.2, 0.25) is 5.02 Å². The third-order valence-corrected chi connectivity index (χ3v) is 4.96. The molecular weight excluding hydrogens is 320 g/mol. The molecule has 0 saturated heterocycles. The summed E-state index contributed by atoms with van der Waals surface area (Å²) in [6.45, 7) is 0.778. The van der Waals surface area contributed by atoms with Crippen molar-refractivity contribution in [2.45, 2.75) is 18.9 Å². The normalized spacial score (nSPS) is 14.6. The maximum atomic E-state index is 9.22. The van der Waals surface area contributed by atoms with Crippen LogP contribution in [0.1, 0.15) is 12.8 Å². The number of anilines is 1. The zero-order valence-corrected chi connectivity index (χ0v) is 13.4. The first kappa shape index (κ1) is 14.0. The van der Waals surface area contributed by atoms with Gasteiger partial charge in [0.1, 0.15) is 0 Å². The molecule has 5 nitrogen and oxygen atoms in total. The van der Waals surface area contributed by atoms with Gasteiger partial charge >= 0.3 is 0 Å². The molecule has 1 saturated carbocycles. The predicted octanol–water partition coefficient (Wildman–Crippen LogP) is 3.07. The highest BCUT2D eigenvalue weighted by molar-refractivity contribution is 7.20. The summed E-state index contributed by atoms with van der Waals surface area (Å²) < 4.78 is 1.82. The second kappa shape index (κ2) is 5.53. The summed E-state index contributed by atoms with van der Waals surface area (Å²) in [7, 11) is 0. The fourth-order valence-corrected chi connectivity index (χ4v) is 3.60. The van der Waals surface area contributed by atoms with Gasteiger partial charge in [-0.1, -0.05) is 35.1 Å². The van der Waals surface area contributed by atoms with Gasteiger partial charge in [-0.25, -0.2) is 9.50 Å². The van der Waals surface area contributed by atoms with E-state index in [1.54, 1.807) is 11.3 Å². The molecule has 0 aliphatic heterocycles. The summed E-state index contributed by atoms with van der Waals surface area (Å²) in [5.74, 6) is 0. The molecule has 114 valence electrons. The Morgan fingerprint density at radius 2 is 2.09 bits per heavy atom. The lowest BCUT2D eigenvalue weighted by Crippen LogP contribution is -2.28. The summed E-state index contributed by atoms with van der Waals surface area (Å²) in [5, 5.41) is 15.5. The van der Waals surface area contributed by atoms with Gasteiger partial charge in [0, 0.05) is 23.2 Å². The van der Waals surface area contributed by atoms with Gasteiger partial charge in [0.2, 0.25) is 10.1 Å². The lowest BCUT2D eigenvalue weighted by molar-refractivity contribution is 0.301. The fourth-order valence-electron chi connectivity index (χ4n) is 2.49. The standard InChI is InChI=1S/C15H15ClN4OS/c16-11-3-1-10(2-4-11)13-9-20-14(17-13)22-15(18-20)19(7-8-21)12-5-6-12/h1-4,9,12,21H,5-8H2. The van der Waals surface area contributed by atoms with E-state index in [1.807, 2.05) is 35.0 Å². The van der Waals surface area contributed by atoms with Gasteiger partial charge in [-0.3, -0.25) is 0 Å². The number of imidazole rings is 1. The highest BCUT2D eigenvalue weighted by atomic mass is 35.5. The van der Waals surface area contributed by atoms with E-state index < -0.39 is 0 Å². The van der Waals surface area contributed by atoms with Crippen LogP contribution in [0.4, 0.5) is 5.13 Å². The van der Waals surface area contributed by atoms with Crippen molar-refractivity contribution in [1.29, 1.82) is 0 Å². The first-order valence-electron chi connectivity index (χ1n) is 7.24. The van der Waals surface area contributed by atoms with Crippen molar-refractivity contribution in [3.8, 4) is 11.3 Å². The third-order valence-electron chi connectivity index (χ3n) is 3.75. The number of nitrogens with zero attached hydrogens (tertiary/aromatic N) is 4. The molecule has 22 heavy (non-hydrogen) atoms. The van der Waals surface area contributed by atoms with Crippen molar-refractivity contribution < 1.29 is 5.11 Å². The number of benzene rings is 1. The minimum Gasteiger partial charge on any atom is -0.395 e. The molecule has 1 aromatic carbocycles. The Kier molecular flexibility index (Phi) is 3.52. The van der Waals surface area contributed by atoms with Crippen LogP contribution in [0.5, 0.6) is 0 Å². The SMILES string of the molecule is OCCN(c1nn2cc(-c3ccc(Cl)cc3)nc2s1)C1CC1. The van der Waals surface area contributed by atoms with Gasteiger partial charge < -0.3 is 10.0 Å². The van der Waals surface area contributed by atoms with Crippen LogP contribution in [0, 0.1) is 0 Å². The van der Waals surface area contributed by atoms with Gasteiger partial charge in [-0.15, -0.1) is 5.10 Å². The van der Waals surface area contributed by atoms with Crippen LogP contribution >= 0.6 is 22.9 Å². The van der Waals surface area contributed by atoms with Crippen LogP contribution < -0.4 is 4.90 Å². The minimum absolute atomic E-state index is 0.147. The lowest BCUT2D eigenvalue weighted by atomic mass is 10.2. The van der Waals surface area contributed by atoms with Crippen LogP contribution in [0.3, 0.4) is 0 Å². The van der Waals surface area contributed by atoms with Crippen LogP contribution in [-0.2, 0) is 0 Å². The summed E-state index contributed by atoms with van der Waals surface area (Å²) >= 11 is 7.48. The number of rotatable bonds is 5. The minimum atomic E-state index is 0.147. The van der Waals surface area contributed by atoms with Crippen LogP contribution in [0.25, 0.3) is 16.2 Å². The Balaban J connectivity index is 1.65. The maximum Gasteiger partial charge on any atom is 0.214 e. The number of aromatic nitrogens is 3. The number of aliphatic hydroxyl groups is 1. The van der Waals surface area contributed by atoms with Crippen molar-refractivity contribution in [2.24, 2.45) is 0 Å². The lowest BCUT2D eigenvalue weighted by Gasteiger charge is -2.19. The molecule has 2 aromatic heterocycles. The Labute approximate surface area is 136 Å². The molecule has 1 N–H and O–H groups in total. The molecule has 0 unspecified atom stereocenters. The van der Waals surface area contributed by atoms with Gasteiger partial charge in [0.05, 0.1) is 18.5 Å². The fraction of sp³-hybridized carbons (Fsp3) is 0.333. The Morgan fingerprint density at radius 3 is 2.73 bits per heavy atom. The van der Waals surface area contributed by atoms with E-state index in [2.05, 4.69) is 15.0 Å². The molecule has 0 atom stereocenters. The number of halogens is 1. The van der Waals surface area contributed by atoms with E-state index in [9.17, 15) is 5.11 Å². The first-order valence-corrected chi connectivity index (χ1v) is 8.44. The quantitative estimate of drug-likeness (QED) is 0.779. The first-order chi connectivity index (χ1) is 10.7. The van der Waals surface area contributed by atoms with Crippen LogP contribution in [0.15, 0.2) is 30.5 Å². The predicted molar refractivity (Wildman–Crippen MR) is 88.8 cm³/mol. The number of aliphatic hydroxyl groups excluding tert-OH is 1. The van der Waals surface area contributed by atoms with Crippen molar-refractivity contribution in [3.05, 3.63) is 35.5 Å². The highest BCUT2D eigenvalue weighted by Gasteiger charge is 2.31. The number of hydrogen-bond donors (Lipinski definition) is 1. The topological polar surface area (TPSA) is 53.7 Å². The largest absolute Gasteiger partial charge is 0.395 e. The summed E-state index contributed by atoms with van der Waals surface area (Å²) in [6, 6.07) is 8.16. The number of hydrogen-bond acceptors (Lipinski definition) is 5. The molecule has 3 aromatic rings. The Morgan fingerprint density at radius 1 is 1.32 bits per heavy atom. The molecule has 1 fully saturated rings. The second-order valence-electron chi connectivity index (χ2n) is 5.39. The molecule has 4 rings (SSSR count). The smallest absolute Gasteiger partial charge is 0.214 e. The second-order valence-corrected chi connectivity index (χ2v) is 6.76. The molecule has 7 heteroatoms. The molecular formula is C15H15ClN4OS. The molecule has 0 radical (unpaired) electrons. The van der Waals surface area contributed by atoms with Crippen molar-refractivity contribution in [3.63, 3.8) is 0 Å². The van der Waals surface area contributed by atoms with E-state index in [0.717, 1.165) is 21.3 Å². The van der Waals surface area contributed by atoms with Gasteiger partial charge in [-0.2, -0.15) is 0 Å². The van der Waals surface area contributed by atoms with E-state index in [1.165, 1.54) is 12.8 Å². The highest BCUT2D eigenvalue weighted by Crippen LogP contribution is 2.34. The molecule has 1 aliphatic carbocycles. The molecule has 0 bridgehead atoms. The molecule has 0 spiro atoms. The average molecular weight is 335 g/mol. The van der Waals surface area contributed by atoms with Crippen molar-refractivity contribution >= 4 is 33.0 Å². The van der Waals surface area contributed by atoms with E-state index in [-0.39, 0.29) is 6.61 Å². The monoisotopic (exact) mass is 334 g/mol. The zero-order chi connectivity index (χ0) is 15.1. The third kappa shape index (κ3) is 2.58. The van der Waals surface area contributed by atoms with Crippen molar-refractivity contribution in [1.82, 2.24) is 14.6 Å². The van der Waals surface area contributed by atoms with Gasteiger partial charge in [0.15, 0.2) is 0 Å². The van der Waals surface area contributed by atoms with E-state index in [4.69, 9.17) is 11.6 Å². The van der Waals surface area contributed by atoms with Gasteiger partial charge in [-0.05, 0) is 25.0 Å². The van der Waals surface area contributed by atoms with E-state index >= 15 is 0 Å². The molecule has 0 amide bonds. The van der Waals surface area contributed by atoms with Crippen LogP contribution in [-0.4, -0.2) is 38.9 Å². The Hall–Kier alpha value is -1.63. The molecule has 1 aliphatic rings. The maximum absolute atomic E-state index is 9.22. The number of fused-ring (bicyclic) bond motifs is 1. The van der Waals surface area contributed by atoms with E-state index in [0.29, 0.717) is 17.6 Å². The Bertz CT molecular complexity index is 762. The van der Waals surface area contributed by atoms with Crippen molar-refractivity contribution in [2.75, 3.05) is 18.1 Å². The summed E-state index contributed by atoms with van der Waals surface area (Å²) in [4.78, 5) is 7.69. The molecule has 2 heterocycles. The summed E-state index contributed by atoms with van der Waals surface area (Å²) in [5.41, 5.74) is 1.92.